The molecule has 3 aliphatic carbocycles. The number of carbonyl (C=O) groups excluding carboxylic acids is 2. The van der Waals surface area contributed by atoms with Gasteiger partial charge in [-0.3, -0.25) is 4.79 Å². The van der Waals surface area contributed by atoms with Crippen LogP contribution in [-0.4, -0.2) is 25.2 Å². The maximum absolute atomic E-state index is 11.5. The van der Waals surface area contributed by atoms with Crippen molar-refractivity contribution in [2.45, 2.75) is 18.9 Å². The molecule has 1 heterocycles. The zero-order valence-electron chi connectivity index (χ0n) is 8.43. The van der Waals surface area contributed by atoms with Gasteiger partial charge in [-0.2, -0.15) is 0 Å². The van der Waals surface area contributed by atoms with Gasteiger partial charge in [0.05, 0.1) is 13.0 Å². The lowest BCUT2D eigenvalue weighted by molar-refractivity contribution is -0.143. The van der Waals surface area contributed by atoms with E-state index < -0.39 is 0 Å². The summed E-state index contributed by atoms with van der Waals surface area (Å²) in [6.07, 6.45) is 3.58. The van der Waals surface area contributed by atoms with E-state index in [4.69, 9.17) is 9.47 Å². The van der Waals surface area contributed by atoms with Crippen molar-refractivity contribution in [2.75, 3.05) is 7.11 Å². The summed E-state index contributed by atoms with van der Waals surface area (Å²) >= 11 is 0. The van der Waals surface area contributed by atoms with Crippen LogP contribution >= 0.6 is 0 Å². The number of hydrogen-bond acceptors (Lipinski definition) is 4. The van der Waals surface area contributed by atoms with Crippen molar-refractivity contribution >= 4 is 11.9 Å². The molecule has 1 aliphatic heterocycles. The third-order valence-electron chi connectivity index (χ3n) is 3.69. The van der Waals surface area contributed by atoms with Crippen LogP contribution in [0, 0.1) is 17.8 Å². The fraction of sp³-hybridized carbons (Fsp3) is 0.636. The van der Waals surface area contributed by atoms with Crippen LogP contribution in [-0.2, 0) is 19.1 Å². The quantitative estimate of drug-likeness (QED) is 0.594. The van der Waals surface area contributed by atoms with Crippen molar-refractivity contribution in [2.24, 2.45) is 17.8 Å². The second-order valence-corrected chi connectivity index (χ2v) is 4.45. The van der Waals surface area contributed by atoms with Gasteiger partial charge < -0.3 is 9.47 Å². The van der Waals surface area contributed by atoms with Gasteiger partial charge in [-0.1, -0.05) is 6.08 Å². The van der Waals surface area contributed by atoms with Gasteiger partial charge in [-0.25, -0.2) is 4.79 Å². The van der Waals surface area contributed by atoms with Gasteiger partial charge in [0, 0.05) is 11.5 Å². The molecule has 15 heavy (non-hydrogen) atoms. The molecule has 0 aromatic carbocycles. The molecule has 4 nitrogen and oxygen atoms in total. The van der Waals surface area contributed by atoms with E-state index in [0.29, 0.717) is 11.5 Å². The van der Waals surface area contributed by atoms with Crippen molar-refractivity contribution in [3.05, 3.63) is 11.6 Å². The van der Waals surface area contributed by atoms with Crippen LogP contribution in [0.1, 0.15) is 12.8 Å². The summed E-state index contributed by atoms with van der Waals surface area (Å²) in [4.78, 5) is 23.0. The predicted molar refractivity (Wildman–Crippen MR) is 49.7 cm³/mol. The Morgan fingerprint density at radius 1 is 1.53 bits per heavy atom. The number of carbonyl (C=O) groups is 2. The van der Waals surface area contributed by atoms with E-state index in [9.17, 15) is 9.59 Å². The smallest absolute Gasteiger partial charge is 0.333 e. The first-order valence-corrected chi connectivity index (χ1v) is 5.21. The van der Waals surface area contributed by atoms with Gasteiger partial charge in [0.2, 0.25) is 0 Å². The molecule has 0 amide bonds. The summed E-state index contributed by atoms with van der Waals surface area (Å²) in [5.41, 5.74) is 0.654. The van der Waals surface area contributed by atoms with Crippen LogP contribution in [0.3, 0.4) is 0 Å². The highest BCUT2D eigenvalue weighted by atomic mass is 16.6. The lowest BCUT2D eigenvalue weighted by Crippen LogP contribution is -2.39. The highest BCUT2D eigenvalue weighted by Crippen LogP contribution is 2.50. The van der Waals surface area contributed by atoms with E-state index in [2.05, 4.69) is 0 Å². The Hall–Kier alpha value is -1.32. The number of allylic oxidation sites excluding steroid dienone is 1. The van der Waals surface area contributed by atoms with Crippen molar-refractivity contribution < 1.29 is 19.1 Å². The van der Waals surface area contributed by atoms with Crippen molar-refractivity contribution in [1.29, 1.82) is 0 Å². The minimum Gasteiger partial charge on any atom is -0.466 e. The average Bonchev–Trinajstić information content (AvgIpc) is 2.49. The minimum absolute atomic E-state index is 0.0463. The summed E-state index contributed by atoms with van der Waals surface area (Å²) in [6, 6.07) is 0. The molecule has 0 aromatic heterocycles. The molecule has 4 aliphatic rings. The van der Waals surface area contributed by atoms with Gasteiger partial charge in [0.1, 0.15) is 6.10 Å². The fourth-order valence-electron chi connectivity index (χ4n) is 3.11. The Bertz CT molecular complexity index is 371. The predicted octanol–water partition coefficient (Wildman–Crippen LogP) is 0.667. The largest absolute Gasteiger partial charge is 0.466 e. The number of ether oxygens (including phenoxy) is 2. The minimum atomic E-state index is -0.308. The first kappa shape index (κ1) is 8.95. The maximum atomic E-state index is 11.5. The Kier molecular flexibility index (Phi) is 1.69. The maximum Gasteiger partial charge on any atom is 0.333 e. The molecule has 4 atom stereocenters. The van der Waals surface area contributed by atoms with E-state index in [-0.39, 0.29) is 29.9 Å². The Labute approximate surface area is 87.2 Å². The zero-order valence-corrected chi connectivity index (χ0v) is 8.43. The Morgan fingerprint density at radius 2 is 2.33 bits per heavy atom. The van der Waals surface area contributed by atoms with E-state index in [1.165, 1.54) is 7.11 Å². The third kappa shape index (κ3) is 1.07. The van der Waals surface area contributed by atoms with Gasteiger partial charge in [0.25, 0.3) is 0 Å². The SMILES string of the molecule is COC(=O)C1=CC2CC3OC(=O)C(C2)C13. The lowest BCUT2D eigenvalue weighted by atomic mass is 9.65. The van der Waals surface area contributed by atoms with E-state index in [1.54, 1.807) is 0 Å². The second kappa shape index (κ2) is 2.84. The zero-order chi connectivity index (χ0) is 10.6. The molecule has 1 saturated heterocycles. The molecule has 0 aromatic rings. The van der Waals surface area contributed by atoms with Crippen molar-refractivity contribution in [3.8, 4) is 0 Å². The van der Waals surface area contributed by atoms with Gasteiger partial charge in [-0.15, -0.1) is 0 Å². The van der Waals surface area contributed by atoms with Crippen molar-refractivity contribution in [3.63, 3.8) is 0 Å². The Balaban J connectivity index is 2.00. The molecule has 80 valence electrons. The summed E-state index contributed by atoms with van der Waals surface area (Å²) < 4.78 is 9.98. The molecule has 2 fully saturated rings. The summed E-state index contributed by atoms with van der Waals surface area (Å²) in [7, 11) is 1.37. The van der Waals surface area contributed by atoms with Crippen LogP contribution in [0.5, 0.6) is 0 Å². The van der Waals surface area contributed by atoms with Crippen LogP contribution in [0.25, 0.3) is 0 Å². The number of rotatable bonds is 1. The van der Waals surface area contributed by atoms with Gasteiger partial charge in [-0.05, 0) is 18.8 Å². The van der Waals surface area contributed by atoms with E-state index in [1.807, 2.05) is 6.08 Å². The standard InChI is InChI=1S/C11H12O4/c1-14-10(12)6-2-5-3-7-9(6)8(4-5)15-11(7)13/h2,5,7-9H,3-4H2,1H3. The normalized spacial score (nSPS) is 41.1. The molecule has 4 rings (SSSR count). The molecule has 4 heteroatoms. The van der Waals surface area contributed by atoms with Crippen LogP contribution < -0.4 is 0 Å². The fourth-order valence-corrected chi connectivity index (χ4v) is 3.11. The third-order valence-corrected chi connectivity index (χ3v) is 3.69. The van der Waals surface area contributed by atoms with E-state index >= 15 is 0 Å². The first-order chi connectivity index (χ1) is 7.20. The monoisotopic (exact) mass is 208 g/mol. The summed E-state index contributed by atoms with van der Waals surface area (Å²) in [5.74, 6) is -0.284. The molecular formula is C11H12O4. The molecule has 4 bridgehead atoms. The van der Waals surface area contributed by atoms with Gasteiger partial charge in [0.15, 0.2) is 0 Å². The number of methoxy groups -OCH3 is 1. The van der Waals surface area contributed by atoms with Gasteiger partial charge >= 0.3 is 11.9 Å². The first-order valence-electron chi connectivity index (χ1n) is 5.21. The molecular weight excluding hydrogens is 196 g/mol. The Morgan fingerprint density at radius 3 is 3.00 bits per heavy atom. The summed E-state index contributed by atoms with van der Waals surface area (Å²) in [6.45, 7) is 0. The molecule has 0 N–H and O–H groups in total. The average molecular weight is 208 g/mol. The van der Waals surface area contributed by atoms with Crippen LogP contribution in [0.4, 0.5) is 0 Å². The molecule has 0 radical (unpaired) electrons. The topological polar surface area (TPSA) is 52.6 Å². The van der Waals surface area contributed by atoms with Crippen LogP contribution in [0.15, 0.2) is 11.6 Å². The second-order valence-electron chi connectivity index (χ2n) is 4.45. The van der Waals surface area contributed by atoms with Crippen molar-refractivity contribution in [1.82, 2.24) is 0 Å². The molecule has 0 spiro atoms. The van der Waals surface area contributed by atoms with Crippen LogP contribution in [0.2, 0.25) is 0 Å². The number of hydrogen-bond donors (Lipinski definition) is 0. The highest BCUT2D eigenvalue weighted by Gasteiger charge is 2.55. The van der Waals surface area contributed by atoms with E-state index in [0.717, 1.165) is 12.8 Å². The lowest BCUT2D eigenvalue weighted by Gasteiger charge is -2.36. The molecule has 1 saturated carbocycles. The highest BCUT2D eigenvalue weighted by molar-refractivity contribution is 5.92. The summed E-state index contributed by atoms with van der Waals surface area (Å²) in [5, 5.41) is 0. The number of esters is 2. The molecule has 4 unspecified atom stereocenters.